The second-order valence-corrected chi connectivity index (χ2v) is 5.62. The Morgan fingerprint density at radius 3 is 2.40 bits per heavy atom. The van der Waals surface area contributed by atoms with Crippen molar-refractivity contribution in [2.24, 2.45) is 0 Å². The topological polar surface area (TPSA) is 61.8 Å². The second kappa shape index (κ2) is 8.04. The van der Waals surface area contributed by atoms with Crippen LogP contribution in [0.15, 0.2) is 30.5 Å². The van der Waals surface area contributed by atoms with Crippen molar-refractivity contribution in [2.45, 2.75) is 20.1 Å². The smallest absolute Gasteiger partial charge is 0.305 e. The van der Waals surface area contributed by atoms with Crippen molar-refractivity contribution in [1.29, 1.82) is 0 Å². The van der Waals surface area contributed by atoms with E-state index in [0.717, 1.165) is 23.6 Å². The van der Waals surface area contributed by atoms with Gasteiger partial charge in [-0.25, -0.2) is 0 Å². The van der Waals surface area contributed by atoms with Gasteiger partial charge in [0.05, 0.1) is 6.26 Å². The summed E-state index contributed by atoms with van der Waals surface area (Å²) < 4.78 is 37.3. The van der Waals surface area contributed by atoms with Gasteiger partial charge in [0, 0.05) is 18.8 Å². The van der Waals surface area contributed by atoms with E-state index in [9.17, 15) is 8.42 Å². The third kappa shape index (κ3) is 6.18. The molecule has 0 saturated heterocycles. The highest BCUT2D eigenvalue weighted by Crippen LogP contribution is 2.20. The predicted octanol–water partition coefficient (Wildman–Crippen LogP) is 2.71. The van der Waals surface area contributed by atoms with Crippen LogP contribution in [0.3, 0.4) is 0 Å². The molecule has 0 bridgehead atoms. The van der Waals surface area contributed by atoms with Gasteiger partial charge in [-0.1, -0.05) is 18.2 Å². The highest BCUT2D eigenvalue weighted by Gasteiger charge is 2.10. The van der Waals surface area contributed by atoms with Gasteiger partial charge >= 0.3 is 10.1 Å². The average molecular weight is 300 g/mol. The Bertz CT molecular complexity index is 530. The van der Waals surface area contributed by atoms with Gasteiger partial charge in [-0.05, 0) is 31.6 Å². The summed E-state index contributed by atoms with van der Waals surface area (Å²) in [5.41, 5.74) is 1.67. The maximum absolute atomic E-state index is 10.9. The molecule has 0 spiro atoms. The van der Waals surface area contributed by atoms with E-state index in [4.69, 9.17) is 9.47 Å². The minimum absolute atomic E-state index is 0.422. The van der Waals surface area contributed by atoms with Crippen LogP contribution in [0.5, 0.6) is 0 Å². The van der Waals surface area contributed by atoms with Gasteiger partial charge in [0.15, 0.2) is 6.29 Å². The van der Waals surface area contributed by atoms with Gasteiger partial charge in [-0.15, -0.1) is 0 Å². The van der Waals surface area contributed by atoms with E-state index in [1.54, 1.807) is 6.08 Å². The summed E-state index contributed by atoms with van der Waals surface area (Å²) in [7, 11) is -3.47. The Morgan fingerprint density at radius 2 is 1.85 bits per heavy atom. The Balaban J connectivity index is 2.83. The van der Waals surface area contributed by atoms with Crippen LogP contribution in [0.25, 0.3) is 6.08 Å². The standard InChI is InChI=1S/C14H20O5S/c1-4-17-14(18-5-2)13-8-6-7-12(11-13)9-10-19-20(3,15)16/h6-11,14H,4-5H2,1-3H3. The van der Waals surface area contributed by atoms with Crippen LogP contribution in [0.4, 0.5) is 0 Å². The van der Waals surface area contributed by atoms with E-state index in [2.05, 4.69) is 4.18 Å². The number of rotatable bonds is 8. The molecule has 0 aromatic heterocycles. The first-order valence-electron chi connectivity index (χ1n) is 6.34. The molecule has 0 N–H and O–H groups in total. The van der Waals surface area contributed by atoms with E-state index in [0.29, 0.717) is 13.2 Å². The first kappa shape index (κ1) is 16.7. The van der Waals surface area contributed by atoms with Crippen LogP contribution in [0.1, 0.15) is 31.3 Å². The molecule has 0 unspecified atom stereocenters. The lowest BCUT2D eigenvalue weighted by atomic mass is 10.1. The lowest BCUT2D eigenvalue weighted by Crippen LogP contribution is -2.08. The van der Waals surface area contributed by atoms with Crippen LogP contribution >= 0.6 is 0 Å². The molecule has 0 aliphatic carbocycles. The maximum atomic E-state index is 10.9. The van der Waals surface area contributed by atoms with Crippen LogP contribution in [0.2, 0.25) is 0 Å². The summed E-state index contributed by atoms with van der Waals surface area (Å²) in [4.78, 5) is 0. The molecule has 1 aromatic carbocycles. The first-order chi connectivity index (χ1) is 9.46. The van der Waals surface area contributed by atoms with Crippen LogP contribution in [-0.2, 0) is 23.8 Å². The SMILES string of the molecule is CCOC(OCC)c1cccc(C=COS(C)(=O)=O)c1. The molecule has 112 valence electrons. The van der Waals surface area contributed by atoms with E-state index in [1.165, 1.54) is 0 Å². The molecule has 0 saturated carbocycles. The fraction of sp³-hybridized carbons (Fsp3) is 0.429. The summed E-state index contributed by atoms with van der Waals surface area (Å²) in [6, 6.07) is 7.43. The molecule has 5 nitrogen and oxygen atoms in total. The molecule has 20 heavy (non-hydrogen) atoms. The summed E-state index contributed by atoms with van der Waals surface area (Å²) in [5.74, 6) is 0. The molecule has 0 amide bonds. The Morgan fingerprint density at radius 1 is 1.20 bits per heavy atom. The third-order valence-corrected chi connectivity index (χ3v) is 2.77. The minimum Gasteiger partial charge on any atom is -0.391 e. The third-order valence-electron chi connectivity index (χ3n) is 2.31. The van der Waals surface area contributed by atoms with Crippen molar-refractivity contribution < 1.29 is 22.1 Å². The van der Waals surface area contributed by atoms with E-state index in [1.807, 2.05) is 38.1 Å². The van der Waals surface area contributed by atoms with E-state index in [-0.39, 0.29) is 0 Å². The number of benzene rings is 1. The van der Waals surface area contributed by atoms with Crippen molar-refractivity contribution >= 4 is 16.2 Å². The van der Waals surface area contributed by atoms with Crippen LogP contribution in [0, 0.1) is 0 Å². The maximum Gasteiger partial charge on any atom is 0.305 e. The molecular formula is C14H20O5S. The Labute approximate surface area is 120 Å². The Hall–Kier alpha value is -1.37. The van der Waals surface area contributed by atoms with Crippen molar-refractivity contribution in [3.8, 4) is 0 Å². The summed E-state index contributed by atoms with van der Waals surface area (Å²) >= 11 is 0. The van der Waals surface area contributed by atoms with Crippen molar-refractivity contribution in [3.05, 3.63) is 41.7 Å². The van der Waals surface area contributed by atoms with Crippen molar-refractivity contribution in [3.63, 3.8) is 0 Å². The van der Waals surface area contributed by atoms with Gasteiger partial charge in [-0.2, -0.15) is 8.42 Å². The fourth-order valence-electron chi connectivity index (χ4n) is 1.56. The van der Waals surface area contributed by atoms with E-state index < -0.39 is 16.4 Å². The summed E-state index contributed by atoms with van der Waals surface area (Å²) in [6.07, 6.45) is 3.28. The average Bonchev–Trinajstić information content (AvgIpc) is 2.37. The number of hydrogen-bond donors (Lipinski definition) is 0. The van der Waals surface area contributed by atoms with Gasteiger partial charge < -0.3 is 13.7 Å². The zero-order valence-corrected chi connectivity index (χ0v) is 12.7. The summed E-state index contributed by atoms with van der Waals surface area (Å²) in [5, 5.41) is 0. The molecular weight excluding hydrogens is 280 g/mol. The predicted molar refractivity (Wildman–Crippen MR) is 77.4 cm³/mol. The van der Waals surface area contributed by atoms with Crippen LogP contribution < -0.4 is 0 Å². The number of ether oxygens (including phenoxy) is 2. The van der Waals surface area contributed by atoms with Crippen molar-refractivity contribution in [1.82, 2.24) is 0 Å². The Kier molecular flexibility index (Phi) is 6.70. The molecule has 6 heteroatoms. The highest BCUT2D eigenvalue weighted by molar-refractivity contribution is 7.86. The molecule has 0 aliphatic heterocycles. The monoisotopic (exact) mass is 300 g/mol. The van der Waals surface area contributed by atoms with E-state index >= 15 is 0 Å². The lowest BCUT2D eigenvalue weighted by Gasteiger charge is -2.17. The lowest BCUT2D eigenvalue weighted by molar-refractivity contribution is -0.140. The highest BCUT2D eigenvalue weighted by atomic mass is 32.2. The quantitative estimate of drug-likeness (QED) is 0.419. The molecule has 0 atom stereocenters. The zero-order chi connectivity index (χ0) is 15.0. The first-order valence-corrected chi connectivity index (χ1v) is 8.16. The zero-order valence-electron chi connectivity index (χ0n) is 11.9. The van der Waals surface area contributed by atoms with Gasteiger partial charge in [-0.3, -0.25) is 0 Å². The normalized spacial score (nSPS) is 12.2. The largest absolute Gasteiger partial charge is 0.391 e. The van der Waals surface area contributed by atoms with Crippen molar-refractivity contribution in [2.75, 3.05) is 19.5 Å². The van der Waals surface area contributed by atoms with Gasteiger partial charge in [0.2, 0.25) is 0 Å². The molecule has 1 rings (SSSR count). The molecule has 0 heterocycles. The molecule has 0 fully saturated rings. The van der Waals surface area contributed by atoms with Gasteiger partial charge in [0.1, 0.15) is 6.26 Å². The second-order valence-electron chi connectivity index (χ2n) is 4.02. The summed E-state index contributed by atoms with van der Waals surface area (Å²) in [6.45, 7) is 4.88. The molecule has 0 aliphatic rings. The van der Waals surface area contributed by atoms with Gasteiger partial charge in [0.25, 0.3) is 0 Å². The molecule has 1 aromatic rings. The number of hydrogen-bond acceptors (Lipinski definition) is 5. The molecule has 0 radical (unpaired) electrons. The fourth-order valence-corrected chi connectivity index (χ4v) is 1.82. The minimum atomic E-state index is -3.47. The van der Waals surface area contributed by atoms with Crippen LogP contribution in [-0.4, -0.2) is 27.9 Å².